The number of benzene rings is 1. The van der Waals surface area contributed by atoms with Gasteiger partial charge in [0, 0.05) is 51.2 Å². The normalized spacial score (nSPS) is 15.4. The summed E-state index contributed by atoms with van der Waals surface area (Å²) in [7, 11) is 0. The molecule has 0 saturated carbocycles. The molecule has 0 bridgehead atoms. The second kappa shape index (κ2) is 9.57. The van der Waals surface area contributed by atoms with Gasteiger partial charge in [0.1, 0.15) is 0 Å². The number of thioether (sulfide) groups is 1. The number of carbonyl (C=O) groups is 2. The first-order chi connectivity index (χ1) is 11.1. The molecule has 2 amide bonds. The molecule has 1 fully saturated rings. The summed E-state index contributed by atoms with van der Waals surface area (Å²) in [5.74, 6) is 2.08. The number of nitrogens with zero attached hydrogens (tertiary/aromatic N) is 2. The van der Waals surface area contributed by atoms with Gasteiger partial charge in [-0.15, -0.1) is 0 Å². The van der Waals surface area contributed by atoms with E-state index in [9.17, 15) is 9.59 Å². The zero-order chi connectivity index (χ0) is 16.5. The van der Waals surface area contributed by atoms with Crippen molar-refractivity contribution in [3.63, 3.8) is 0 Å². The third-order valence-electron chi connectivity index (χ3n) is 3.86. The lowest BCUT2D eigenvalue weighted by Crippen LogP contribution is -2.50. The molecule has 0 radical (unpaired) electrons. The second-order valence-electron chi connectivity index (χ2n) is 5.67. The van der Waals surface area contributed by atoms with Crippen molar-refractivity contribution in [2.45, 2.75) is 12.7 Å². The lowest BCUT2D eigenvalue weighted by Gasteiger charge is -2.33. The molecule has 1 aliphatic rings. The number of hydrogen-bond donors (Lipinski definition) is 1. The van der Waals surface area contributed by atoms with E-state index < -0.39 is 0 Å². The Labute approximate surface area is 142 Å². The number of amides is 2. The monoisotopic (exact) mass is 335 g/mol. The van der Waals surface area contributed by atoms with Crippen molar-refractivity contribution >= 4 is 23.6 Å². The Bertz CT molecular complexity index is 502. The van der Waals surface area contributed by atoms with Crippen LogP contribution in [0.5, 0.6) is 0 Å². The lowest BCUT2D eigenvalue weighted by molar-refractivity contribution is -0.130. The highest BCUT2D eigenvalue weighted by molar-refractivity contribution is 7.98. The van der Waals surface area contributed by atoms with Gasteiger partial charge < -0.3 is 10.2 Å². The molecule has 1 N–H and O–H groups in total. The molecule has 0 spiro atoms. The van der Waals surface area contributed by atoms with Crippen LogP contribution in [0.2, 0.25) is 0 Å². The van der Waals surface area contributed by atoms with Crippen molar-refractivity contribution in [2.75, 3.05) is 45.0 Å². The average molecular weight is 335 g/mol. The predicted molar refractivity (Wildman–Crippen MR) is 94.3 cm³/mol. The Morgan fingerprint density at radius 3 is 2.48 bits per heavy atom. The van der Waals surface area contributed by atoms with E-state index in [0.717, 1.165) is 37.7 Å². The first kappa shape index (κ1) is 17.8. The summed E-state index contributed by atoms with van der Waals surface area (Å²) in [6.45, 7) is 5.70. The minimum atomic E-state index is 0.0709. The van der Waals surface area contributed by atoms with Crippen molar-refractivity contribution < 1.29 is 9.59 Å². The highest BCUT2D eigenvalue weighted by Crippen LogP contribution is 2.10. The quantitative estimate of drug-likeness (QED) is 0.761. The molecule has 6 heteroatoms. The maximum Gasteiger partial charge on any atom is 0.234 e. The van der Waals surface area contributed by atoms with Crippen molar-refractivity contribution in [1.82, 2.24) is 15.1 Å². The maximum atomic E-state index is 11.9. The second-order valence-corrected chi connectivity index (χ2v) is 6.78. The predicted octanol–water partition coefficient (Wildman–Crippen LogP) is 1.20. The molecular formula is C17H25N3O2S. The molecule has 1 saturated heterocycles. The first-order valence-corrected chi connectivity index (χ1v) is 9.17. The van der Waals surface area contributed by atoms with E-state index in [-0.39, 0.29) is 11.8 Å². The number of carbonyl (C=O) groups excluding carboxylic acids is 2. The van der Waals surface area contributed by atoms with Crippen molar-refractivity contribution in [3.05, 3.63) is 35.9 Å². The van der Waals surface area contributed by atoms with E-state index in [1.54, 1.807) is 6.92 Å². The van der Waals surface area contributed by atoms with Crippen LogP contribution in [-0.4, -0.2) is 66.6 Å². The molecule has 126 valence electrons. The van der Waals surface area contributed by atoms with E-state index in [1.165, 1.54) is 5.56 Å². The first-order valence-electron chi connectivity index (χ1n) is 8.01. The highest BCUT2D eigenvalue weighted by atomic mass is 32.2. The van der Waals surface area contributed by atoms with Crippen molar-refractivity contribution in [1.29, 1.82) is 0 Å². The molecule has 1 aromatic carbocycles. The van der Waals surface area contributed by atoms with E-state index in [1.807, 2.05) is 34.9 Å². The Balaban J connectivity index is 1.53. The van der Waals surface area contributed by atoms with Crippen molar-refractivity contribution in [3.8, 4) is 0 Å². The van der Waals surface area contributed by atoms with Gasteiger partial charge >= 0.3 is 0 Å². The van der Waals surface area contributed by atoms with Gasteiger partial charge in [-0.25, -0.2) is 0 Å². The van der Waals surface area contributed by atoms with Gasteiger partial charge in [-0.05, 0) is 5.56 Å². The molecule has 1 aromatic rings. The minimum absolute atomic E-state index is 0.0709. The molecule has 0 atom stereocenters. The van der Waals surface area contributed by atoms with Crippen molar-refractivity contribution in [2.24, 2.45) is 0 Å². The van der Waals surface area contributed by atoms with Crippen LogP contribution in [0.25, 0.3) is 0 Å². The maximum absolute atomic E-state index is 11.9. The van der Waals surface area contributed by atoms with Gasteiger partial charge in [-0.2, -0.15) is 11.8 Å². The number of nitrogens with one attached hydrogen (secondary N) is 1. The van der Waals surface area contributed by atoms with Crippen LogP contribution in [0.4, 0.5) is 0 Å². The Morgan fingerprint density at radius 1 is 1.13 bits per heavy atom. The minimum Gasteiger partial charge on any atom is -0.354 e. The van der Waals surface area contributed by atoms with Gasteiger partial charge in [0.05, 0.1) is 6.54 Å². The smallest absolute Gasteiger partial charge is 0.234 e. The summed E-state index contributed by atoms with van der Waals surface area (Å²) < 4.78 is 0. The molecule has 0 unspecified atom stereocenters. The van der Waals surface area contributed by atoms with E-state index in [0.29, 0.717) is 13.1 Å². The number of piperazine rings is 1. The summed E-state index contributed by atoms with van der Waals surface area (Å²) in [6, 6.07) is 10.3. The molecule has 1 aliphatic heterocycles. The van der Waals surface area contributed by atoms with Crippen LogP contribution in [0.3, 0.4) is 0 Å². The van der Waals surface area contributed by atoms with Gasteiger partial charge in [-0.3, -0.25) is 14.5 Å². The van der Waals surface area contributed by atoms with Crippen LogP contribution in [0.1, 0.15) is 12.5 Å². The Kier molecular flexibility index (Phi) is 7.42. The highest BCUT2D eigenvalue weighted by Gasteiger charge is 2.19. The zero-order valence-corrected chi connectivity index (χ0v) is 14.5. The molecule has 0 aromatic heterocycles. The van der Waals surface area contributed by atoms with E-state index >= 15 is 0 Å². The molecule has 0 aliphatic carbocycles. The average Bonchev–Trinajstić information content (AvgIpc) is 2.56. The van der Waals surface area contributed by atoms with E-state index in [4.69, 9.17) is 0 Å². The fraction of sp³-hybridized carbons (Fsp3) is 0.529. The molecule has 23 heavy (non-hydrogen) atoms. The summed E-state index contributed by atoms with van der Waals surface area (Å²) in [6.07, 6.45) is 0. The van der Waals surface area contributed by atoms with Gasteiger partial charge in [0.2, 0.25) is 11.8 Å². The third kappa shape index (κ3) is 6.62. The summed E-state index contributed by atoms with van der Waals surface area (Å²) in [5, 5.41) is 2.97. The molecule has 1 heterocycles. The van der Waals surface area contributed by atoms with Crippen LogP contribution < -0.4 is 5.32 Å². The molecular weight excluding hydrogens is 310 g/mol. The van der Waals surface area contributed by atoms with Gasteiger partial charge in [0.25, 0.3) is 0 Å². The van der Waals surface area contributed by atoms with Gasteiger partial charge in [0.15, 0.2) is 0 Å². The fourth-order valence-corrected chi connectivity index (χ4v) is 3.33. The van der Waals surface area contributed by atoms with Crippen LogP contribution in [0.15, 0.2) is 30.3 Å². The zero-order valence-electron chi connectivity index (χ0n) is 13.7. The Hall–Kier alpha value is -1.53. The Morgan fingerprint density at radius 2 is 1.83 bits per heavy atom. The topological polar surface area (TPSA) is 52.7 Å². The summed E-state index contributed by atoms with van der Waals surface area (Å²) >= 11 is 1.83. The largest absolute Gasteiger partial charge is 0.354 e. The fourth-order valence-electron chi connectivity index (χ4n) is 2.51. The lowest BCUT2D eigenvalue weighted by atomic mass is 10.2. The molecule has 5 nitrogen and oxygen atoms in total. The van der Waals surface area contributed by atoms with Crippen LogP contribution in [0, 0.1) is 0 Å². The van der Waals surface area contributed by atoms with Crippen LogP contribution >= 0.6 is 11.8 Å². The SMILES string of the molecule is CC(=O)N1CCN(CC(=O)NCCSCc2ccccc2)CC1. The number of rotatable bonds is 7. The van der Waals surface area contributed by atoms with Crippen LogP contribution in [-0.2, 0) is 15.3 Å². The standard InChI is InChI=1S/C17H25N3O2S/c1-15(21)20-10-8-19(9-11-20)13-17(22)18-7-12-23-14-16-5-3-2-4-6-16/h2-6H,7-14H2,1H3,(H,18,22). The summed E-state index contributed by atoms with van der Waals surface area (Å²) in [4.78, 5) is 27.1. The van der Waals surface area contributed by atoms with Gasteiger partial charge in [-0.1, -0.05) is 30.3 Å². The molecule has 2 rings (SSSR count). The number of hydrogen-bond acceptors (Lipinski definition) is 4. The third-order valence-corrected chi connectivity index (χ3v) is 4.90. The van der Waals surface area contributed by atoms with E-state index in [2.05, 4.69) is 22.3 Å². The summed E-state index contributed by atoms with van der Waals surface area (Å²) in [5.41, 5.74) is 1.31.